The maximum absolute atomic E-state index is 12.4. The molecule has 4 heteroatoms. The van der Waals surface area contributed by atoms with Crippen LogP contribution >= 0.6 is 0 Å². The molecule has 0 aliphatic carbocycles. The van der Waals surface area contributed by atoms with Gasteiger partial charge in [-0.05, 0) is 41.5 Å². The summed E-state index contributed by atoms with van der Waals surface area (Å²) in [6, 6.07) is 11.0. The van der Waals surface area contributed by atoms with Gasteiger partial charge in [0.25, 0.3) is 5.91 Å². The average molecular weight is 398 g/mol. The van der Waals surface area contributed by atoms with E-state index in [-0.39, 0.29) is 11.9 Å². The second kappa shape index (κ2) is 13.0. The monoisotopic (exact) mass is 397 g/mol. The van der Waals surface area contributed by atoms with Gasteiger partial charge in [0.1, 0.15) is 5.75 Å². The van der Waals surface area contributed by atoms with E-state index in [9.17, 15) is 9.59 Å². The van der Waals surface area contributed by atoms with E-state index in [4.69, 9.17) is 4.74 Å². The average Bonchev–Trinajstić information content (AvgIpc) is 2.71. The van der Waals surface area contributed by atoms with Crippen LogP contribution in [0, 0.1) is 0 Å². The number of carbonyl (C=O) groups excluding carboxylic acids is 2. The van der Waals surface area contributed by atoms with Crippen LogP contribution in [0.5, 0.6) is 5.75 Å². The lowest BCUT2D eigenvalue weighted by molar-refractivity contribution is -0.131. The van der Waals surface area contributed by atoms with Crippen LogP contribution in [0.1, 0.15) is 88.4 Å². The lowest BCUT2D eigenvalue weighted by Gasteiger charge is -2.08. The summed E-state index contributed by atoms with van der Waals surface area (Å²) in [7, 11) is 0. The molecule has 29 heavy (non-hydrogen) atoms. The van der Waals surface area contributed by atoms with Crippen molar-refractivity contribution in [3.63, 3.8) is 0 Å². The second-order valence-electron chi connectivity index (χ2n) is 7.76. The summed E-state index contributed by atoms with van der Waals surface area (Å²) in [6.45, 7) is 4.35. The first-order valence-electron chi connectivity index (χ1n) is 11.1. The number of ether oxygens (including phenoxy) is 1. The van der Waals surface area contributed by atoms with Crippen LogP contribution in [0.25, 0.3) is 10.8 Å². The van der Waals surface area contributed by atoms with E-state index in [1.165, 1.54) is 64.7 Å². The van der Waals surface area contributed by atoms with E-state index in [0.717, 1.165) is 23.7 Å². The molecule has 0 aliphatic heterocycles. The van der Waals surface area contributed by atoms with E-state index in [1.54, 1.807) is 6.07 Å². The molecule has 0 saturated heterocycles. The van der Waals surface area contributed by atoms with Gasteiger partial charge in [0.05, 0.1) is 0 Å². The molecule has 0 aliphatic rings. The third kappa shape index (κ3) is 8.68. The van der Waals surface area contributed by atoms with Crippen molar-refractivity contribution in [3.05, 3.63) is 42.0 Å². The van der Waals surface area contributed by atoms with Gasteiger partial charge in [0, 0.05) is 19.0 Å². The number of nitrogens with one attached hydrogen (secondary N) is 1. The number of benzene rings is 2. The van der Waals surface area contributed by atoms with Crippen LogP contribution in [0.3, 0.4) is 0 Å². The molecule has 0 atom stereocenters. The third-order valence-electron chi connectivity index (χ3n) is 5.15. The Bertz CT molecular complexity index is 785. The van der Waals surface area contributed by atoms with Crippen LogP contribution in [0.2, 0.25) is 0 Å². The minimum atomic E-state index is -0.340. The van der Waals surface area contributed by atoms with Crippen molar-refractivity contribution in [2.24, 2.45) is 0 Å². The summed E-state index contributed by atoms with van der Waals surface area (Å²) in [5.41, 5.74) is 0.657. The molecule has 1 N–H and O–H groups in total. The molecule has 158 valence electrons. The molecular weight excluding hydrogens is 362 g/mol. The zero-order chi connectivity index (χ0) is 20.9. The highest BCUT2D eigenvalue weighted by Gasteiger charge is 2.07. The van der Waals surface area contributed by atoms with Crippen molar-refractivity contribution in [2.75, 3.05) is 6.54 Å². The quantitative estimate of drug-likeness (QED) is 0.241. The van der Waals surface area contributed by atoms with E-state index in [0.29, 0.717) is 11.3 Å². The van der Waals surface area contributed by atoms with Gasteiger partial charge in [-0.1, -0.05) is 76.8 Å². The molecule has 2 aromatic rings. The Morgan fingerprint density at radius 3 is 2.03 bits per heavy atom. The van der Waals surface area contributed by atoms with E-state index < -0.39 is 0 Å². The molecular formula is C25H35NO3. The van der Waals surface area contributed by atoms with Gasteiger partial charge in [-0.25, -0.2) is 0 Å². The third-order valence-corrected chi connectivity index (χ3v) is 5.15. The van der Waals surface area contributed by atoms with Gasteiger partial charge < -0.3 is 10.1 Å². The fraction of sp³-hybridized carbons (Fsp3) is 0.520. The number of rotatable bonds is 13. The molecule has 2 aromatic carbocycles. The molecule has 0 saturated carbocycles. The van der Waals surface area contributed by atoms with Gasteiger partial charge in [-0.3, -0.25) is 9.59 Å². The molecule has 0 spiro atoms. The number of carbonyl (C=O) groups is 2. The topological polar surface area (TPSA) is 55.4 Å². The molecule has 0 unspecified atom stereocenters. The predicted molar refractivity (Wildman–Crippen MR) is 119 cm³/mol. The maximum atomic E-state index is 12.4. The highest BCUT2D eigenvalue weighted by atomic mass is 16.5. The van der Waals surface area contributed by atoms with Crippen LogP contribution in [0.4, 0.5) is 0 Å². The van der Waals surface area contributed by atoms with E-state index in [1.807, 2.05) is 30.3 Å². The van der Waals surface area contributed by atoms with Crippen molar-refractivity contribution in [1.82, 2.24) is 5.32 Å². The first-order valence-corrected chi connectivity index (χ1v) is 11.1. The number of hydrogen-bond donors (Lipinski definition) is 1. The Hall–Kier alpha value is -2.36. The number of amides is 1. The van der Waals surface area contributed by atoms with Crippen molar-refractivity contribution in [2.45, 2.75) is 78.1 Å². The largest absolute Gasteiger partial charge is 0.427 e. The Morgan fingerprint density at radius 2 is 1.38 bits per heavy atom. The summed E-state index contributed by atoms with van der Waals surface area (Å²) in [4.78, 5) is 23.4. The molecule has 2 rings (SSSR count). The smallest absolute Gasteiger partial charge is 0.308 e. The van der Waals surface area contributed by atoms with Gasteiger partial charge >= 0.3 is 5.97 Å². The zero-order valence-electron chi connectivity index (χ0n) is 18.0. The first-order chi connectivity index (χ1) is 14.1. The number of fused-ring (bicyclic) bond motifs is 1. The molecule has 0 heterocycles. The number of esters is 1. The fourth-order valence-corrected chi connectivity index (χ4v) is 3.51. The summed E-state index contributed by atoms with van der Waals surface area (Å²) in [5.74, 6) is 0.141. The first kappa shape index (κ1) is 22.9. The highest BCUT2D eigenvalue weighted by Crippen LogP contribution is 2.22. The van der Waals surface area contributed by atoms with Gasteiger partial charge in [-0.15, -0.1) is 0 Å². The van der Waals surface area contributed by atoms with Crippen molar-refractivity contribution in [3.8, 4) is 5.75 Å². The van der Waals surface area contributed by atoms with Gasteiger partial charge in [0.2, 0.25) is 0 Å². The molecule has 0 aromatic heterocycles. The molecule has 4 nitrogen and oxygen atoms in total. The van der Waals surface area contributed by atoms with E-state index >= 15 is 0 Å². The maximum Gasteiger partial charge on any atom is 0.308 e. The minimum Gasteiger partial charge on any atom is -0.427 e. The normalized spacial score (nSPS) is 10.8. The van der Waals surface area contributed by atoms with E-state index in [2.05, 4.69) is 12.2 Å². The zero-order valence-corrected chi connectivity index (χ0v) is 18.0. The number of hydrogen-bond acceptors (Lipinski definition) is 3. The van der Waals surface area contributed by atoms with Crippen molar-refractivity contribution < 1.29 is 14.3 Å². The van der Waals surface area contributed by atoms with Crippen LogP contribution in [-0.4, -0.2) is 18.4 Å². The summed E-state index contributed by atoms with van der Waals surface area (Å²) >= 11 is 0. The Labute approximate surface area is 175 Å². The summed E-state index contributed by atoms with van der Waals surface area (Å²) in [6.07, 6.45) is 12.9. The van der Waals surface area contributed by atoms with Gasteiger partial charge in [0.15, 0.2) is 0 Å². The van der Waals surface area contributed by atoms with Crippen LogP contribution < -0.4 is 10.1 Å². The van der Waals surface area contributed by atoms with Crippen LogP contribution in [0.15, 0.2) is 36.4 Å². The lowest BCUT2D eigenvalue weighted by atomic mass is 10.1. The summed E-state index contributed by atoms with van der Waals surface area (Å²) in [5, 5.41) is 4.91. The molecule has 0 bridgehead atoms. The SMILES string of the molecule is CCCCCCCCCCCCNC(=O)c1ccc2cc(OC(C)=O)ccc2c1. The number of unbranched alkanes of at least 4 members (excludes halogenated alkanes) is 9. The van der Waals surface area contributed by atoms with Crippen molar-refractivity contribution >= 4 is 22.6 Å². The summed E-state index contributed by atoms with van der Waals surface area (Å²) < 4.78 is 5.10. The fourth-order valence-electron chi connectivity index (χ4n) is 3.51. The Balaban J connectivity index is 1.66. The molecule has 0 radical (unpaired) electrons. The van der Waals surface area contributed by atoms with Crippen LogP contribution in [-0.2, 0) is 4.79 Å². The lowest BCUT2D eigenvalue weighted by Crippen LogP contribution is -2.24. The second-order valence-corrected chi connectivity index (χ2v) is 7.76. The van der Waals surface area contributed by atoms with Gasteiger partial charge in [-0.2, -0.15) is 0 Å². The predicted octanol–water partition coefficient (Wildman–Crippen LogP) is 6.42. The Morgan fingerprint density at radius 1 is 0.793 bits per heavy atom. The standard InChI is InChI=1S/C25H35NO3/c1-3-4-5-6-7-8-9-10-11-12-17-26-25(28)23-14-13-22-19-24(29-20(2)27)16-15-21(22)18-23/h13-16,18-19H,3-12,17H2,1-2H3,(H,26,28). The molecule has 0 fully saturated rings. The minimum absolute atomic E-state index is 0.0353. The Kier molecular flexibility index (Phi) is 10.3. The molecule has 1 amide bonds. The highest BCUT2D eigenvalue weighted by molar-refractivity contribution is 5.98. The van der Waals surface area contributed by atoms with Crippen molar-refractivity contribution in [1.29, 1.82) is 0 Å².